The van der Waals surface area contributed by atoms with Crippen molar-refractivity contribution in [3.05, 3.63) is 0 Å². The highest BCUT2D eigenvalue weighted by Gasteiger charge is 2.29. The first kappa shape index (κ1) is 10.0. The van der Waals surface area contributed by atoms with Gasteiger partial charge in [-0.1, -0.05) is 6.92 Å². The quantitative estimate of drug-likeness (QED) is 0.680. The van der Waals surface area contributed by atoms with Crippen LogP contribution in [0.4, 0.5) is 0 Å². The Hall–Kier alpha value is -0.0800. The van der Waals surface area contributed by atoms with Gasteiger partial charge in [-0.05, 0) is 45.2 Å². The molecule has 72 valence electrons. The Morgan fingerprint density at radius 2 is 1.83 bits per heavy atom. The molecule has 1 rings (SSSR count). The van der Waals surface area contributed by atoms with Crippen molar-refractivity contribution in [3.63, 3.8) is 0 Å². The van der Waals surface area contributed by atoms with E-state index in [1.54, 1.807) is 0 Å². The van der Waals surface area contributed by atoms with E-state index in [4.69, 9.17) is 5.73 Å². The molecule has 0 saturated heterocycles. The van der Waals surface area contributed by atoms with Crippen LogP contribution in [0.1, 0.15) is 32.6 Å². The normalized spacial score (nSPS) is 37.2. The lowest BCUT2D eigenvalue weighted by Crippen LogP contribution is -2.38. The van der Waals surface area contributed by atoms with Crippen molar-refractivity contribution in [3.8, 4) is 0 Å². The van der Waals surface area contributed by atoms with Gasteiger partial charge in [-0.2, -0.15) is 0 Å². The Morgan fingerprint density at radius 1 is 1.33 bits per heavy atom. The van der Waals surface area contributed by atoms with E-state index in [2.05, 4.69) is 25.9 Å². The van der Waals surface area contributed by atoms with Gasteiger partial charge in [-0.3, -0.25) is 0 Å². The molecule has 1 aliphatic rings. The summed E-state index contributed by atoms with van der Waals surface area (Å²) >= 11 is 0. The van der Waals surface area contributed by atoms with Gasteiger partial charge in [0.15, 0.2) is 0 Å². The predicted molar refractivity (Wildman–Crippen MR) is 53.1 cm³/mol. The minimum atomic E-state index is 0.472. The second-order valence-corrected chi connectivity index (χ2v) is 4.89. The van der Waals surface area contributed by atoms with E-state index in [9.17, 15) is 0 Å². The van der Waals surface area contributed by atoms with Crippen LogP contribution in [-0.2, 0) is 0 Å². The number of hydrogen-bond acceptors (Lipinski definition) is 2. The minimum absolute atomic E-state index is 0.472. The van der Waals surface area contributed by atoms with Gasteiger partial charge in [0, 0.05) is 12.6 Å². The molecular formula is C10H22N2. The fourth-order valence-corrected chi connectivity index (χ4v) is 2.26. The molecule has 0 aliphatic heterocycles. The van der Waals surface area contributed by atoms with Crippen molar-refractivity contribution in [1.29, 1.82) is 0 Å². The lowest BCUT2D eigenvalue weighted by atomic mass is 9.74. The molecule has 0 spiro atoms. The third kappa shape index (κ3) is 2.76. The standard InChI is InChI=1S/C10H22N2/c1-10(8-12(2)3)6-4-9(11)5-7-10/h9H,4-8,11H2,1-3H3. The molecule has 12 heavy (non-hydrogen) atoms. The van der Waals surface area contributed by atoms with Crippen molar-refractivity contribution in [1.82, 2.24) is 4.90 Å². The van der Waals surface area contributed by atoms with Crippen LogP contribution in [0.5, 0.6) is 0 Å². The van der Waals surface area contributed by atoms with Gasteiger partial charge in [0.2, 0.25) is 0 Å². The number of nitrogens with two attached hydrogens (primary N) is 1. The summed E-state index contributed by atoms with van der Waals surface area (Å²) in [5.41, 5.74) is 6.40. The Morgan fingerprint density at radius 3 is 2.25 bits per heavy atom. The molecule has 1 saturated carbocycles. The van der Waals surface area contributed by atoms with Gasteiger partial charge in [-0.15, -0.1) is 0 Å². The summed E-state index contributed by atoms with van der Waals surface area (Å²) in [6, 6.07) is 0.472. The van der Waals surface area contributed by atoms with Gasteiger partial charge in [0.05, 0.1) is 0 Å². The summed E-state index contributed by atoms with van der Waals surface area (Å²) in [6.07, 6.45) is 5.02. The third-order valence-corrected chi connectivity index (χ3v) is 2.94. The second-order valence-electron chi connectivity index (χ2n) is 4.89. The molecule has 0 amide bonds. The summed E-state index contributed by atoms with van der Waals surface area (Å²) in [6.45, 7) is 3.60. The van der Waals surface area contributed by atoms with Crippen LogP contribution in [0.3, 0.4) is 0 Å². The Labute approximate surface area is 76.1 Å². The SMILES string of the molecule is CN(C)CC1(C)CCC(N)CC1. The molecule has 0 unspecified atom stereocenters. The lowest BCUT2D eigenvalue weighted by molar-refractivity contribution is 0.146. The maximum Gasteiger partial charge on any atom is 0.00392 e. The highest BCUT2D eigenvalue weighted by molar-refractivity contribution is 4.84. The van der Waals surface area contributed by atoms with Crippen LogP contribution in [-0.4, -0.2) is 31.6 Å². The fourth-order valence-electron chi connectivity index (χ4n) is 2.26. The Balaban J connectivity index is 2.39. The highest BCUT2D eigenvalue weighted by Crippen LogP contribution is 2.35. The van der Waals surface area contributed by atoms with Crippen molar-refractivity contribution in [2.75, 3.05) is 20.6 Å². The molecule has 0 atom stereocenters. The molecule has 1 fully saturated rings. The molecule has 2 heteroatoms. The van der Waals surface area contributed by atoms with E-state index in [-0.39, 0.29) is 0 Å². The lowest BCUT2D eigenvalue weighted by Gasteiger charge is -2.38. The first-order valence-corrected chi connectivity index (χ1v) is 4.92. The number of hydrogen-bond donors (Lipinski definition) is 1. The van der Waals surface area contributed by atoms with Gasteiger partial charge >= 0.3 is 0 Å². The van der Waals surface area contributed by atoms with Gasteiger partial charge < -0.3 is 10.6 Å². The monoisotopic (exact) mass is 170 g/mol. The summed E-state index contributed by atoms with van der Waals surface area (Å²) in [5.74, 6) is 0. The second kappa shape index (κ2) is 3.75. The molecule has 1 aliphatic carbocycles. The van der Waals surface area contributed by atoms with Crippen LogP contribution in [0.15, 0.2) is 0 Å². The molecule has 0 aromatic heterocycles. The number of nitrogens with zero attached hydrogens (tertiary/aromatic N) is 1. The molecular weight excluding hydrogens is 148 g/mol. The molecule has 2 nitrogen and oxygen atoms in total. The van der Waals surface area contributed by atoms with Crippen molar-refractivity contribution in [2.45, 2.75) is 38.6 Å². The van der Waals surface area contributed by atoms with Gasteiger partial charge in [0.1, 0.15) is 0 Å². The van der Waals surface area contributed by atoms with E-state index in [1.807, 2.05) is 0 Å². The smallest absolute Gasteiger partial charge is 0.00392 e. The molecule has 0 heterocycles. The average molecular weight is 170 g/mol. The topological polar surface area (TPSA) is 29.3 Å². The molecule has 0 radical (unpaired) electrons. The van der Waals surface area contributed by atoms with Crippen molar-refractivity contribution in [2.24, 2.45) is 11.1 Å². The van der Waals surface area contributed by atoms with Crippen molar-refractivity contribution < 1.29 is 0 Å². The Bertz CT molecular complexity index is 135. The first-order valence-electron chi connectivity index (χ1n) is 4.92. The molecule has 0 bridgehead atoms. The maximum atomic E-state index is 5.87. The first-order chi connectivity index (χ1) is 5.52. The molecule has 0 aromatic rings. The zero-order chi connectivity index (χ0) is 9.19. The van der Waals surface area contributed by atoms with E-state index in [1.165, 1.54) is 32.2 Å². The average Bonchev–Trinajstić information content (AvgIpc) is 1.94. The van der Waals surface area contributed by atoms with E-state index in [0.717, 1.165) is 0 Å². The van der Waals surface area contributed by atoms with Crippen LogP contribution < -0.4 is 5.73 Å². The summed E-state index contributed by atoms with van der Waals surface area (Å²) in [4.78, 5) is 2.29. The van der Waals surface area contributed by atoms with Crippen LogP contribution in [0, 0.1) is 5.41 Å². The Kier molecular flexibility index (Phi) is 3.13. The molecule has 2 N–H and O–H groups in total. The fraction of sp³-hybridized carbons (Fsp3) is 1.00. The largest absolute Gasteiger partial charge is 0.328 e. The third-order valence-electron chi connectivity index (χ3n) is 2.94. The maximum absolute atomic E-state index is 5.87. The highest BCUT2D eigenvalue weighted by atomic mass is 15.1. The number of rotatable bonds is 2. The summed E-state index contributed by atoms with van der Waals surface area (Å²) in [7, 11) is 4.31. The predicted octanol–water partition coefficient (Wildman–Crippen LogP) is 1.46. The zero-order valence-corrected chi connectivity index (χ0v) is 8.64. The zero-order valence-electron chi connectivity index (χ0n) is 8.64. The summed E-state index contributed by atoms with van der Waals surface area (Å²) < 4.78 is 0. The van der Waals surface area contributed by atoms with Gasteiger partial charge in [0.25, 0.3) is 0 Å². The van der Waals surface area contributed by atoms with E-state index >= 15 is 0 Å². The van der Waals surface area contributed by atoms with E-state index in [0.29, 0.717) is 11.5 Å². The van der Waals surface area contributed by atoms with Crippen molar-refractivity contribution >= 4 is 0 Å². The van der Waals surface area contributed by atoms with Crippen LogP contribution in [0.25, 0.3) is 0 Å². The van der Waals surface area contributed by atoms with Crippen LogP contribution in [0.2, 0.25) is 0 Å². The molecule has 0 aromatic carbocycles. The minimum Gasteiger partial charge on any atom is -0.328 e. The van der Waals surface area contributed by atoms with Crippen LogP contribution >= 0.6 is 0 Å². The van der Waals surface area contributed by atoms with Gasteiger partial charge in [-0.25, -0.2) is 0 Å². The van der Waals surface area contributed by atoms with E-state index < -0.39 is 0 Å². The summed E-state index contributed by atoms with van der Waals surface area (Å²) in [5, 5.41) is 0.